The molecule has 6 heteroatoms. The number of ether oxygens (including phenoxy) is 1. The molecule has 23 heavy (non-hydrogen) atoms. The molecule has 3 N–H and O–H groups in total. The van der Waals surface area contributed by atoms with Crippen molar-refractivity contribution in [3.05, 3.63) is 30.3 Å². The maximum absolute atomic E-state index is 11.8. The molecule has 0 unspecified atom stereocenters. The first kappa shape index (κ1) is 18.8. The third-order valence-electron chi connectivity index (χ3n) is 3.22. The lowest BCUT2D eigenvalue weighted by Crippen LogP contribution is -2.42. The van der Waals surface area contributed by atoms with Crippen LogP contribution >= 0.6 is 0 Å². The topological polar surface area (TPSA) is 74.8 Å². The van der Waals surface area contributed by atoms with E-state index in [2.05, 4.69) is 20.9 Å². The molecule has 0 aromatic heterocycles. The quantitative estimate of drug-likeness (QED) is 0.384. The van der Waals surface area contributed by atoms with Gasteiger partial charge in [0.25, 0.3) is 0 Å². The van der Waals surface area contributed by atoms with Gasteiger partial charge in [0, 0.05) is 13.6 Å². The maximum Gasteiger partial charge on any atom is 0.227 e. The van der Waals surface area contributed by atoms with Crippen molar-refractivity contribution < 1.29 is 9.53 Å². The van der Waals surface area contributed by atoms with E-state index < -0.39 is 5.41 Å². The van der Waals surface area contributed by atoms with Gasteiger partial charge in [0.15, 0.2) is 5.96 Å². The predicted molar refractivity (Wildman–Crippen MR) is 93.8 cm³/mol. The standard InChI is InChI=1S/C17H28N4O2/c1-5-19-16(21-13-17(2,3)15(22)18-4)20-11-12-23-14-9-7-6-8-10-14/h6-10H,5,11-13H2,1-4H3,(H,18,22)(H2,19,20,21). The highest BCUT2D eigenvalue weighted by molar-refractivity contribution is 5.83. The maximum atomic E-state index is 11.8. The van der Waals surface area contributed by atoms with E-state index in [-0.39, 0.29) is 5.91 Å². The van der Waals surface area contributed by atoms with Gasteiger partial charge in [0.05, 0.1) is 18.5 Å². The summed E-state index contributed by atoms with van der Waals surface area (Å²) in [4.78, 5) is 16.3. The van der Waals surface area contributed by atoms with Crippen LogP contribution in [0.25, 0.3) is 0 Å². The summed E-state index contributed by atoms with van der Waals surface area (Å²) in [5, 5.41) is 9.03. The van der Waals surface area contributed by atoms with Crippen LogP contribution in [-0.2, 0) is 4.79 Å². The van der Waals surface area contributed by atoms with Gasteiger partial charge in [-0.25, -0.2) is 0 Å². The SMILES string of the molecule is CCNC(=NCC(C)(C)C(=O)NC)NCCOc1ccccc1. The molecular formula is C17H28N4O2. The van der Waals surface area contributed by atoms with E-state index in [1.165, 1.54) is 0 Å². The van der Waals surface area contributed by atoms with Crippen molar-refractivity contribution in [1.82, 2.24) is 16.0 Å². The third-order valence-corrected chi connectivity index (χ3v) is 3.22. The Morgan fingerprint density at radius 2 is 1.91 bits per heavy atom. The number of carbonyl (C=O) groups excluding carboxylic acids is 1. The molecule has 0 heterocycles. The summed E-state index contributed by atoms with van der Waals surface area (Å²) < 4.78 is 5.63. The van der Waals surface area contributed by atoms with E-state index in [0.29, 0.717) is 25.7 Å². The number of para-hydroxylation sites is 1. The van der Waals surface area contributed by atoms with Gasteiger partial charge in [0.1, 0.15) is 12.4 Å². The number of carbonyl (C=O) groups is 1. The minimum Gasteiger partial charge on any atom is -0.492 e. The molecule has 0 aliphatic carbocycles. The number of aliphatic imine (C=N–C) groups is 1. The zero-order valence-electron chi connectivity index (χ0n) is 14.5. The van der Waals surface area contributed by atoms with Crippen molar-refractivity contribution in [2.45, 2.75) is 20.8 Å². The fourth-order valence-corrected chi connectivity index (χ4v) is 1.88. The van der Waals surface area contributed by atoms with Crippen molar-refractivity contribution in [2.75, 3.05) is 33.3 Å². The van der Waals surface area contributed by atoms with Gasteiger partial charge >= 0.3 is 0 Å². The Labute approximate surface area is 138 Å². The van der Waals surface area contributed by atoms with Crippen LogP contribution in [0.15, 0.2) is 35.3 Å². The van der Waals surface area contributed by atoms with Gasteiger partial charge in [-0.3, -0.25) is 9.79 Å². The Morgan fingerprint density at radius 1 is 1.22 bits per heavy atom. The molecule has 0 fully saturated rings. The van der Waals surface area contributed by atoms with E-state index in [9.17, 15) is 4.79 Å². The Kier molecular flexibility index (Phi) is 7.94. The lowest BCUT2D eigenvalue weighted by Gasteiger charge is -2.21. The molecule has 0 saturated heterocycles. The Bertz CT molecular complexity index is 501. The van der Waals surface area contributed by atoms with Gasteiger partial charge in [0.2, 0.25) is 5.91 Å². The summed E-state index contributed by atoms with van der Waals surface area (Å²) in [7, 11) is 1.64. The Hall–Kier alpha value is -2.24. The molecule has 1 aromatic rings. The summed E-state index contributed by atoms with van der Waals surface area (Å²) in [6.07, 6.45) is 0. The molecule has 0 aliphatic rings. The second-order valence-corrected chi connectivity index (χ2v) is 5.75. The minimum atomic E-state index is -0.544. The summed E-state index contributed by atoms with van der Waals surface area (Å²) in [5.74, 6) is 1.50. The highest BCUT2D eigenvalue weighted by Crippen LogP contribution is 2.15. The Morgan fingerprint density at radius 3 is 2.52 bits per heavy atom. The molecule has 0 aliphatic heterocycles. The van der Waals surface area contributed by atoms with Crippen molar-refractivity contribution >= 4 is 11.9 Å². The number of hydrogen-bond donors (Lipinski definition) is 3. The number of amides is 1. The number of nitrogens with zero attached hydrogens (tertiary/aromatic N) is 1. The number of nitrogens with one attached hydrogen (secondary N) is 3. The molecular weight excluding hydrogens is 292 g/mol. The first-order chi connectivity index (χ1) is 11.0. The predicted octanol–water partition coefficient (Wildman–Crippen LogP) is 1.39. The molecule has 128 valence electrons. The molecule has 0 spiro atoms. The Balaban J connectivity index is 2.44. The fraction of sp³-hybridized carbons (Fsp3) is 0.529. The average molecular weight is 320 g/mol. The smallest absolute Gasteiger partial charge is 0.227 e. The summed E-state index contributed by atoms with van der Waals surface area (Å²) in [6, 6.07) is 9.68. The van der Waals surface area contributed by atoms with E-state index in [1.807, 2.05) is 51.1 Å². The molecule has 1 rings (SSSR count). The summed E-state index contributed by atoms with van der Waals surface area (Å²) in [6.45, 7) is 8.07. The number of rotatable bonds is 8. The molecule has 1 amide bonds. The van der Waals surface area contributed by atoms with Crippen molar-refractivity contribution in [3.8, 4) is 5.75 Å². The van der Waals surface area contributed by atoms with Crippen LogP contribution in [0.1, 0.15) is 20.8 Å². The first-order valence-electron chi connectivity index (χ1n) is 7.92. The van der Waals surface area contributed by atoms with Crippen molar-refractivity contribution in [3.63, 3.8) is 0 Å². The van der Waals surface area contributed by atoms with Crippen molar-refractivity contribution in [2.24, 2.45) is 10.4 Å². The highest BCUT2D eigenvalue weighted by atomic mass is 16.5. The zero-order chi connectivity index (χ0) is 17.1. The van der Waals surface area contributed by atoms with E-state index in [1.54, 1.807) is 7.05 Å². The molecule has 1 aromatic carbocycles. The van der Waals surface area contributed by atoms with Crippen LogP contribution in [0.5, 0.6) is 5.75 Å². The molecule has 0 radical (unpaired) electrons. The monoisotopic (exact) mass is 320 g/mol. The van der Waals surface area contributed by atoms with E-state index in [4.69, 9.17) is 4.74 Å². The van der Waals surface area contributed by atoms with Crippen LogP contribution in [0.4, 0.5) is 0 Å². The van der Waals surface area contributed by atoms with Gasteiger partial charge in [-0.05, 0) is 32.9 Å². The molecule has 0 bridgehead atoms. The van der Waals surface area contributed by atoms with Crippen LogP contribution in [0.2, 0.25) is 0 Å². The number of guanidine groups is 1. The highest BCUT2D eigenvalue weighted by Gasteiger charge is 2.26. The van der Waals surface area contributed by atoms with Crippen LogP contribution in [0, 0.1) is 5.41 Å². The van der Waals surface area contributed by atoms with E-state index >= 15 is 0 Å². The van der Waals surface area contributed by atoms with Gasteiger partial charge in [-0.15, -0.1) is 0 Å². The van der Waals surface area contributed by atoms with Crippen LogP contribution in [-0.4, -0.2) is 45.2 Å². The third kappa shape index (κ3) is 7.04. The number of benzene rings is 1. The van der Waals surface area contributed by atoms with E-state index in [0.717, 1.165) is 12.3 Å². The van der Waals surface area contributed by atoms with Crippen molar-refractivity contribution in [1.29, 1.82) is 0 Å². The zero-order valence-corrected chi connectivity index (χ0v) is 14.5. The minimum absolute atomic E-state index is 0.0236. The normalized spacial score (nSPS) is 11.7. The lowest BCUT2D eigenvalue weighted by molar-refractivity contribution is -0.128. The van der Waals surface area contributed by atoms with Gasteiger partial charge in [-0.2, -0.15) is 0 Å². The van der Waals surface area contributed by atoms with Crippen LogP contribution in [0.3, 0.4) is 0 Å². The molecule has 0 atom stereocenters. The second kappa shape index (κ2) is 9.71. The molecule has 0 saturated carbocycles. The fourth-order valence-electron chi connectivity index (χ4n) is 1.88. The van der Waals surface area contributed by atoms with Crippen LogP contribution < -0.4 is 20.7 Å². The summed E-state index contributed by atoms with van der Waals surface area (Å²) in [5.41, 5.74) is -0.544. The lowest BCUT2D eigenvalue weighted by atomic mass is 9.93. The van der Waals surface area contributed by atoms with Gasteiger partial charge in [-0.1, -0.05) is 18.2 Å². The average Bonchev–Trinajstić information content (AvgIpc) is 2.56. The number of hydrogen-bond acceptors (Lipinski definition) is 3. The largest absolute Gasteiger partial charge is 0.492 e. The van der Waals surface area contributed by atoms with Gasteiger partial charge < -0.3 is 20.7 Å². The summed E-state index contributed by atoms with van der Waals surface area (Å²) >= 11 is 0. The second-order valence-electron chi connectivity index (χ2n) is 5.75. The first-order valence-corrected chi connectivity index (χ1v) is 7.92. The molecule has 6 nitrogen and oxygen atoms in total.